The molecule has 1 N–H and O–H groups in total. The average molecular weight is 263 g/mol. The van der Waals surface area contributed by atoms with Crippen LogP contribution >= 0.6 is 0 Å². The van der Waals surface area contributed by atoms with E-state index < -0.39 is 5.97 Å². The summed E-state index contributed by atoms with van der Waals surface area (Å²) in [4.78, 5) is 12.8. The molecule has 0 radical (unpaired) electrons. The molecule has 1 aromatic rings. The number of carboxylic acids is 1. The molecule has 1 aromatic carbocycles. The van der Waals surface area contributed by atoms with Gasteiger partial charge in [0.2, 0.25) is 0 Å². The predicted octanol–water partition coefficient (Wildman–Crippen LogP) is 3.16. The van der Waals surface area contributed by atoms with Crippen molar-refractivity contribution in [2.24, 2.45) is 5.41 Å². The summed E-state index contributed by atoms with van der Waals surface area (Å²) in [7, 11) is 0. The number of benzene rings is 1. The molecule has 102 valence electrons. The van der Waals surface area contributed by atoms with E-state index in [1.54, 1.807) is 6.07 Å². The van der Waals surface area contributed by atoms with Crippen LogP contribution in [0.2, 0.25) is 0 Å². The molecular formula is C15H18FNO2. The second-order valence-corrected chi connectivity index (χ2v) is 5.71. The van der Waals surface area contributed by atoms with Crippen LogP contribution < -0.4 is 4.90 Å². The Morgan fingerprint density at radius 2 is 2.21 bits per heavy atom. The lowest BCUT2D eigenvalue weighted by Gasteiger charge is -2.23. The lowest BCUT2D eigenvalue weighted by molar-refractivity contribution is -0.131. The van der Waals surface area contributed by atoms with Gasteiger partial charge in [0.15, 0.2) is 0 Å². The van der Waals surface area contributed by atoms with Crippen molar-refractivity contribution in [2.75, 3.05) is 18.0 Å². The van der Waals surface area contributed by atoms with Crippen molar-refractivity contribution in [3.63, 3.8) is 0 Å². The van der Waals surface area contributed by atoms with Gasteiger partial charge >= 0.3 is 5.97 Å². The largest absolute Gasteiger partial charge is 0.478 e. The van der Waals surface area contributed by atoms with E-state index in [-0.39, 0.29) is 11.2 Å². The van der Waals surface area contributed by atoms with Gasteiger partial charge in [0.05, 0.1) is 0 Å². The minimum atomic E-state index is -1.03. The second-order valence-electron chi connectivity index (χ2n) is 5.71. The topological polar surface area (TPSA) is 40.5 Å². The first kappa shape index (κ1) is 13.6. The Bertz CT molecular complexity index is 523. The Morgan fingerprint density at radius 3 is 2.79 bits per heavy atom. The van der Waals surface area contributed by atoms with E-state index in [0.717, 1.165) is 31.3 Å². The van der Waals surface area contributed by atoms with E-state index in [1.807, 2.05) is 0 Å². The van der Waals surface area contributed by atoms with E-state index in [9.17, 15) is 9.18 Å². The van der Waals surface area contributed by atoms with Crippen molar-refractivity contribution in [3.05, 3.63) is 35.7 Å². The molecule has 2 rings (SSSR count). The summed E-state index contributed by atoms with van der Waals surface area (Å²) in [6.45, 7) is 6.20. The summed E-state index contributed by atoms with van der Waals surface area (Å²) >= 11 is 0. The molecule has 1 heterocycles. The molecule has 0 spiro atoms. The molecule has 0 unspecified atom stereocenters. The number of rotatable bonds is 3. The van der Waals surface area contributed by atoms with Gasteiger partial charge < -0.3 is 10.0 Å². The zero-order valence-electron chi connectivity index (χ0n) is 11.2. The van der Waals surface area contributed by atoms with Gasteiger partial charge in [-0.2, -0.15) is 0 Å². The maximum absolute atomic E-state index is 13.3. The number of carboxylic acid groups (broad SMARTS) is 1. The van der Waals surface area contributed by atoms with Gasteiger partial charge in [-0.05, 0) is 36.1 Å². The molecule has 0 atom stereocenters. The summed E-state index contributed by atoms with van der Waals surface area (Å²) in [5, 5.41) is 8.69. The molecule has 1 aliphatic heterocycles. The number of anilines is 1. The van der Waals surface area contributed by atoms with Crippen molar-refractivity contribution >= 4 is 17.7 Å². The van der Waals surface area contributed by atoms with Crippen LogP contribution in [0, 0.1) is 11.2 Å². The third-order valence-electron chi connectivity index (χ3n) is 3.41. The smallest absolute Gasteiger partial charge is 0.328 e. The number of carbonyl (C=O) groups is 1. The van der Waals surface area contributed by atoms with Crippen LogP contribution in [-0.2, 0) is 4.79 Å². The van der Waals surface area contributed by atoms with E-state index in [2.05, 4.69) is 18.7 Å². The number of nitrogens with zero attached hydrogens (tertiary/aromatic N) is 1. The highest BCUT2D eigenvalue weighted by molar-refractivity contribution is 5.87. The molecular weight excluding hydrogens is 245 g/mol. The number of halogens is 1. The summed E-state index contributed by atoms with van der Waals surface area (Å²) in [6, 6.07) is 4.51. The van der Waals surface area contributed by atoms with Gasteiger partial charge in [0, 0.05) is 30.4 Å². The first-order valence-corrected chi connectivity index (χ1v) is 6.33. The number of aliphatic carboxylic acids is 1. The van der Waals surface area contributed by atoms with Crippen LogP contribution in [0.25, 0.3) is 6.08 Å². The van der Waals surface area contributed by atoms with Crippen LogP contribution in [-0.4, -0.2) is 24.2 Å². The van der Waals surface area contributed by atoms with Gasteiger partial charge in [-0.3, -0.25) is 0 Å². The molecule has 0 aliphatic carbocycles. The average Bonchev–Trinajstić information content (AvgIpc) is 2.67. The van der Waals surface area contributed by atoms with E-state index in [4.69, 9.17) is 5.11 Å². The summed E-state index contributed by atoms with van der Waals surface area (Å²) in [5.74, 6) is -1.38. The highest BCUT2D eigenvalue weighted by Crippen LogP contribution is 2.34. The molecule has 0 aromatic heterocycles. The van der Waals surface area contributed by atoms with Crippen LogP contribution in [0.3, 0.4) is 0 Å². The predicted molar refractivity (Wildman–Crippen MR) is 73.7 cm³/mol. The molecule has 0 saturated carbocycles. The molecule has 1 aliphatic rings. The van der Waals surface area contributed by atoms with Crippen molar-refractivity contribution < 1.29 is 14.3 Å². The minimum absolute atomic E-state index is 0.238. The van der Waals surface area contributed by atoms with Crippen LogP contribution in [0.5, 0.6) is 0 Å². The molecule has 1 fully saturated rings. The van der Waals surface area contributed by atoms with Crippen molar-refractivity contribution in [3.8, 4) is 0 Å². The molecule has 1 saturated heterocycles. The van der Waals surface area contributed by atoms with Gasteiger partial charge in [-0.25, -0.2) is 9.18 Å². The van der Waals surface area contributed by atoms with Gasteiger partial charge in [-0.15, -0.1) is 0 Å². The molecule has 4 heteroatoms. The number of hydrogen-bond donors (Lipinski definition) is 1. The zero-order valence-corrected chi connectivity index (χ0v) is 11.2. The third-order valence-corrected chi connectivity index (χ3v) is 3.41. The van der Waals surface area contributed by atoms with Crippen LogP contribution in [0.15, 0.2) is 24.3 Å². The van der Waals surface area contributed by atoms with E-state index in [1.165, 1.54) is 18.2 Å². The Kier molecular flexibility index (Phi) is 3.60. The highest BCUT2D eigenvalue weighted by atomic mass is 19.1. The summed E-state index contributed by atoms with van der Waals surface area (Å²) in [5.41, 5.74) is 1.74. The van der Waals surface area contributed by atoms with Gasteiger partial charge in [-0.1, -0.05) is 13.8 Å². The molecule has 3 nitrogen and oxygen atoms in total. The second kappa shape index (κ2) is 5.03. The normalized spacial score (nSPS) is 18.2. The van der Waals surface area contributed by atoms with Gasteiger partial charge in [0.1, 0.15) is 5.82 Å². The first-order chi connectivity index (χ1) is 8.87. The van der Waals surface area contributed by atoms with Crippen molar-refractivity contribution in [1.29, 1.82) is 0 Å². The molecule has 19 heavy (non-hydrogen) atoms. The Morgan fingerprint density at radius 1 is 1.47 bits per heavy atom. The quantitative estimate of drug-likeness (QED) is 0.852. The third kappa shape index (κ3) is 3.34. The highest BCUT2D eigenvalue weighted by Gasteiger charge is 2.30. The summed E-state index contributed by atoms with van der Waals surface area (Å²) in [6.07, 6.45) is 3.57. The maximum atomic E-state index is 13.3. The zero-order chi connectivity index (χ0) is 14.0. The Balaban J connectivity index is 2.32. The first-order valence-electron chi connectivity index (χ1n) is 6.33. The molecule has 0 amide bonds. The minimum Gasteiger partial charge on any atom is -0.478 e. The lowest BCUT2D eigenvalue weighted by atomic mass is 9.93. The maximum Gasteiger partial charge on any atom is 0.328 e. The Hall–Kier alpha value is -1.84. The molecule has 0 bridgehead atoms. The van der Waals surface area contributed by atoms with E-state index >= 15 is 0 Å². The monoisotopic (exact) mass is 263 g/mol. The fourth-order valence-electron chi connectivity index (χ4n) is 2.43. The lowest BCUT2D eigenvalue weighted by Crippen LogP contribution is -2.23. The van der Waals surface area contributed by atoms with Crippen molar-refractivity contribution in [1.82, 2.24) is 0 Å². The Labute approximate surface area is 112 Å². The van der Waals surface area contributed by atoms with Crippen LogP contribution in [0.1, 0.15) is 25.8 Å². The van der Waals surface area contributed by atoms with E-state index in [0.29, 0.717) is 5.56 Å². The summed E-state index contributed by atoms with van der Waals surface area (Å²) < 4.78 is 13.3. The standard InChI is InChI=1S/C15H18FNO2/c1-15(2)7-8-17(10-15)13-5-4-12(16)9-11(13)3-6-14(18)19/h3-6,9H,7-8,10H2,1-2H3,(H,18,19). The number of hydrogen-bond acceptors (Lipinski definition) is 2. The van der Waals surface area contributed by atoms with Gasteiger partial charge in [0.25, 0.3) is 0 Å². The van der Waals surface area contributed by atoms with Crippen molar-refractivity contribution in [2.45, 2.75) is 20.3 Å². The fraction of sp³-hybridized carbons (Fsp3) is 0.400. The fourth-order valence-corrected chi connectivity index (χ4v) is 2.43. The SMILES string of the molecule is CC1(C)CCN(c2ccc(F)cc2C=CC(=O)O)C1. The van der Waals surface area contributed by atoms with Crippen LogP contribution in [0.4, 0.5) is 10.1 Å².